The van der Waals surface area contributed by atoms with Crippen molar-refractivity contribution in [2.75, 3.05) is 13.7 Å². The molecule has 0 aliphatic rings. The van der Waals surface area contributed by atoms with E-state index in [-0.39, 0.29) is 23.7 Å². The number of rotatable bonds is 7. The smallest absolute Gasteiger partial charge is 0.258 e. The highest BCUT2D eigenvalue weighted by atomic mass is 35.5. The molecule has 6 nitrogen and oxygen atoms in total. The number of aromatic nitrogens is 1. The molecule has 4 aromatic rings. The van der Waals surface area contributed by atoms with E-state index in [9.17, 15) is 9.90 Å². The number of benzene rings is 3. The van der Waals surface area contributed by atoms with Crippen LogP contribution in [0.1, 0.15) is 43.5 Å². The van der Waals surface area contributed by atoms with Gasteiger partial charge < -0.3 is 19.9 Å². The van der Waals surface area contributed by atoms with Crippen LogP contribution in [0.4, 0.5) is 0 Å². The van der Waals surface area contributed by atoms with Gasteiger partial charge in [-0.05, 0) is 59.0 Å². The minimum Gasteiger partial charge on any atom is -0.505 e. The van der Waals surface area contributed by atoms with Gasteiger partial charge in [-0.2, -0.15) is 0 Å². The first-order valence-electron chi connectivity index (χ1n) is 11.6. The van der Waals surface area contributed by atoms with Crippen molar-refractivity contribution in [1.82, 2.24) is 10.3 Å². The average Bonchev–Trinajstić information content (AvgIpc) is 2.88. The van der Waals surface area contributed by atoms with Crippen molar-refractivity contribution < 1.29 is 19.4 Å². The molecule has 1 atom stereocenters. The molecule has 36 heavy (non-hydrogen) atoms. The monoisotopic (exact) mass is 504 g/mol. The van der Waals surface area contributed by atoms with Gasteiger partial charge in [0.15, 0.2) is 6.61 Å². The number of ether oxygens (including phenoxy) is 2. The lowest BCUT2D eigenvalue weighted by molar-refractivity contribution is -0.123. The Morgan fingerprint density at radius 1 is 1.06 bits per heavy atom. The van der Waals surface area contributed by atoms with E-state index >= 15 is 0 Å². The Bertz CT molecular complexity index is 1360. The van der Waals surface area contributed by atoms with Gasteiger partial charge in [-0.15, -0.1) is 0 Å². The van der Waals surface area contributed by atoms with Gasteiger partial charge in [-0.25, -0.2) is 0 Å². The quantitative estimate of drug-likeness (QED) is 0.314. The minimum atomic E-state index is -0.695. The molecule has 0 spiro atoms. The maximum absolute atomic E-state index is 13.0. The zero-order valence-electron chi connectivity index (χ0n) is 20.7. The minimum absolute atomic E-state index is 0.0273. The van der Waals surface area contributed by atoms with Crippen LogP contribution in [0.25, 0.3) is 10.9 Å². The van der Waals surface area contributed by atoms with Crippen LogP contribution in [0, 0.1) is 0 Å². The summed E-state index contributed by atoms with van der Waals surface area (Å²) < 4.78 is 11.0. The number of hydrogen-bond acceptors (Lipinski definition) is 5. The first-order chi connectivity index (χ1) is 17.2. The summed E-state index contributed by atoms with van der Waals surface area (Å²) in [6.45, 7) is 6.22. The van der Waals surface area contributed by atoms with Crippen LogP contribution in [-0.2, 0) is 10.2 Å². The van der Waals surface area contributed by atoms with E-state index in [0.717, 1.165) is 5.56 Å². The normalized spacial score (nSPS) is 12.2. The highest BCUT2D eigenvalue weighted by molar-refractivity contribution is 6.35. The average molecular weight is 505 g/mol. The van der Waals surface area contributed by atoms with Crippen LogP contribution >= 0.6 is 11.6 Å². The summed E-state index contributed by atoms with van der Waals surface area (Å²) in [7, 11) is 1.58. The van der Waals surface area contributed by atoms with Gasteiger partial charge in [0.2, 0.25) is 0 Å². The van der Waals surface area contributed by atoms with Gasteiger partial charge in [0, 0.05) is 17.1 Å². The van der Waals surface area contributed by atoms with Crippen molar-refractivity contribution >= 4 is 28.4 Å². The zero-order valence-corrected chi connectivity index (χ0v) is 21.5. The van der Waals surface area contributed by atoms with E-state index in [1.54, 1.807) is 43.6 Å². The number of phenolic OH excluding ortho intramolecular Hbond substituents is 1. The maximum atomic E-state index is 13.0. The number of carbonyl (C=O) groups is 1. The number of fused-ring (bicyclic) bond motifs is 1. The van der Waals surface area contributed by atoms with Crippen LogP contribution in [0.3, 0.4) is 0 Å². The summed E-state index contributed by atoms with van der Waals surface area (Å²) in [5, 5.41) is 15.1. The fourth-order valence-electron chi connectivity index (χ4n) is 3.97. The predicted molar refractivity (Wildman–Crippen MR) is 142 cm³/mol. The van der Waals surface area contributed by atoms with Gasteiger partial charge >= 0.3 is 0 Å². The predicted octanol–water partition coefficient (Wildman–Crippen LogP) is 6.18. The van der Waals surface area contributed by atoms with Crippen LogP contribution in [0.15, 0.2) is 72.9 Å². The first kappa shape index (κ1) is 25.3. The number of amides is 1. The topological polar surface area (TPSA) is 80.7 Å². The summed E-state index contributed by atoms with van der Waals surface area (Å²) in [4.78, 5) is 17.3. The Kier molecular flexibility index (Phi) is 7.36. The number of nitrogens with zero attached hydrogens (tertiary/aromatic N) is 1. The van der Waals surface area contributed by atoms with Crippen molar-refractivity contribution in [3.05, 3.63) is 94.6 Å². The Morgan fingerprint density at radius 3 is 2.36 bits per heavy atom. The van der Waals surface area contributed by atoms with Gasteiger partial charge in [-0.3, -0.25) is 9.78 Å². The third-order valence-electron chi connectivity index (χ3n) is 6.00. The van der Waals surface area contributed by atoms with Gasteiger partial charge in [0.25, 0.3) is 5.91 Å². The molecule has 0 fully saturated rings. The van der Waals surface area contributed by atoms with Crippen LogP contribution in [-0.4, -0.2) is 29.7 Å². The number of carbonyl (C=O) groups excluding carboxylic acids is 1. The molecule has 2 N–H and O–H groups in total. The second-order valence-corrected chi connectivity index (χ2v) is 9.94. The molecule has 0 radical (unpaired) electrons. The molecular formula is C29H29ClN2O4. The molecule has 0 aliphatic heterocycles. The van der Waals surface area contributed by atoms with E-state index in [4.69, 9.17) is 21.1 Å². The Balaban J connectivity index is 1.61. The Labute approximate surface area is 215 Å². The molecule has 1 amide bonds. The summed E-state index contributed by atoms with van der Waals surface area (Å²) in [6, 6.07) is 19.4. The maximum Gasteiger partial charge on any atom is 0.258 e. The largest absolute Gasteiger partial charge is 0.505 e. The summed E-state index contributed by atoms with van der Waals surface area (Å²) in [5.41, 5.74) is 2.73. The molecule has 186 valence electrons. The van der Waals surface area contributed by atoms with Crippen molar-refractivity contribution in [2.45, 2.75) is 32.2 Å². The van der Waals surface area contributed by atoms with Gasteiger partial charge in [-0.1, -0.05) is 56.6 Å². The van der Waals surface area contributed by atoms with E-state index < -0.39 is 6.04 Å². The first-order valence-corrected chi connectivity index (χ1v) is 12.0. The molecule has 0 saturated carbocycles. The lowest BCUT2D eigenvalue weighted by Crippen LogP contribution is -2.33. The van der Waals surface area contributed by atoms with Crippen molar-refractivity contribution in [3.63, 3.8) is 0 Å². The molecule has 3 aromatic carbocycles. The third kappa shape index (κ3) is 5.55. The summed E-state index contributed by atoms with van der Waals surface area (Å²) in [5.74, 6) is 0.871. The number of methoxy groups -OCH3 is 1. The highest BCUT2D eigenvalue weighted by Crippen LogP contribution is 2.38. The lowest BCUT2D eigenvalue weighted by atomic mass is 9.87. The molecular weight excluding hydrogens is 476 g/mol. The molecule has 7 heteroatoms. The second-order valence-electron chi connectivity index (χ2n) is 9.53. The van der Waals surface area contributed by atoms with E-state index in [1.807, 2.05) is 36.4 Å². The van der Waals surface area contributed by atoms with Crippen molar-refractivity contribution in [3.8, 4) is 17.2 Å². The summed E-state index contributed by atoms with van der Waals surface area (Å²) >= 11 is 6.53. The fraction of sp³-hybridized carbons (Fsp3) is 0.241. The fourth-order valence-corrected chi connectivity index (χ4v) is 4.24. The molecule has 0 bridgehead atoms. The molecule has 0 saturated heterocycles. The molecule has 1 unspecified atom stereocenters. The molecule has 4 rings (SSSR count). The van der Waals surface area contributed by atoms with Crippen molar-refractivity contribution in [1.29, 1.82) is 0 Å². The van der Waals surface area contributed by atoms with Gasteiger partial charge in [0.05, 0.1) is 18.2 Å². The van der Waals surface area contributed by atoms with Crippen LogP contribution in [0.2, 0.25) is 5.02 Å². The number of hydrogen-bond donors (Lipinski definition) is 2. The van der Waals surface area contributed by atoms with E-state index in [0.29, 0.717) is 33.0 Å². The van der Waals surface area contributed by atoms with Crippen LogP contribution < -0.4 is 14.8 Å². The standard InChI is InChI=1S/C29H29ClN2O4/c1-29(2,3)19-9-13-21(14-10-19)36-17-25(33)32-26(18-7-11-20(35-4)12-8-18)23-16-24(30)22-6-5-15-31-27(22)28(23)34/h5-16,26,34H,17H2,1-4H3,(H,32,33). The highest BCUT2D eigenvalue weighted by Gasteiger charge is 2.24. The van der Waals surface area contributed by atoms with Crippen LogP contribution in [0.5, 0.6) is 17.2 Å². The molecule has 1 aromatic heterocycles. The third-order valence-corrected chi connectivity index (χ3v) is 6.31. The lowest BCUT2D eigenvalue weighted by Gasteiger charge is -2.22. The number of aromatic hydroxyl groups is 1. The van der Waals surface area contributed by atoms with Crippen molar-refractivity contribution in [2.24, 2.45) is 0 Å². The SMILES string of the molecule is COc1ccc(C(NC(=O)COc2ccc(C(C)(C)C)cc2)c2cc(Cl)c3cccnc3c2O)cc1. The Morgan fingerprint density at radius 2 is 1.72 bits per heavy atom. The van der Waals surface area contributed by atoms with Gasteiger partial charge in [0.1, 0.15) is 22.8 Å². The number of phenols is 1. The number of nitrogens with one attached hydrogen (secondary N) is 1. The molecule has 0 aliphatic carbocycles. The van der Waals surface area contributed by atoms with E-state index in [2.05, 4.69) is 31.1 Å². The summed E-state index contributed by atoms with van der Waals surface area (Å²) in [6.07, 6.45) is 1.59. The Hall–Kier alpha value is -3.77. The zero-order chi connectivity index (χ0) is 25.9. The van der Waals surface area contributed by atoms with E-state index in [1.165, 1.54) is 5.56 Å². The number of pyridine rings is 1. The number of halogens is 1. The second kappa shape index (κ2) is 10.5. The molecule has 1 heterocycles.